The Morgan fingerprint density at radius 3 is 3.18 bits per heavy atom. The van der Waals surface area contributed by atoms with E-state index in [-0.39, 0.29) is 5.97 Å². The summed E-state index contributed by atoms with van der Waals surface area (Å²) in [7, 11) is 0. The van der Waals surface area contributed by atoms with Gasteiger partial charge in [-0.15, -0.1) is 16.4 Å². The van der Waals surface area contributed by atoms with Crippen LogP contribution in [0.1, 0.15) is 22.5 Å². The number of nitrogens with zero attached hydrogens (tertiary/aromatic N) is 4. The van der Waals surface area contributed by atoms with Gasteiger partial charge in [-0.05, 0) is 40.6 Å². The van der Waals surface area contributed by atoms with Crippen molar-refractivity contribution in [1.82, 2.24) is 20.2 Å². The minimum Gasteiger partial charge on any atom is -0.461 e. The summed E-state index contributed by atoms with van der Waals surface area (Å²) in [6.45, 7) is 0.520. The third-order valence-corrected chi connectivity index (χ3v) is 3.46. The van der Waals surface area contributed by atoms with Crippen LogP contribution in [0.25, 0.3) is 5.69 Å². The highest BCUT2D eigenvalue weighted by Gasteiger charge is 2.24. The highest BCUT2D eigenvalue weighted by atomic mass is 32.1. The quantitative estimate of drug-likeness (QED) is 0.765. The first kappa shape index (κ1) is 10.4. The number of rotatable bonds is 4. The molecule has 88 valence electrons. The number of esters is 1. The van der Waals surface area contributed by atoms with Gasteiger partial charge < -0.3 is 4.74 Å². The van der Waals surface area contributed by atoms with Crippen molar-refractivity contribution in [1.29, 1.82) is 0 Å². The van der Waals surface area contributed by atoms with Crippen LogP contribution < -0.4 is 0 Å². The Labute approximate surface area is 101 Å². The van der Waals surface area contributed by atoms with E-state index in [4.69, 9.17) is 4.74 Å². The lowest BCUT2D eigenvalue weighted by molar-refractivity contribution is 0.0492. The second-order valence-electron chi connectivity index (χ2n) is 3.93. The molecule has 0 unspecified atom stereocenters. The number of carbonyl (C=O) groups excluding carboxylic acids is 1. The molecule has 7 heteroatoms. The van der Waals surface area contributed by atoms with Crippen molar-refractivity contribution in [3.05, 3.63) is 22.7 Å². The molecule has 2 aromatic heterocycles. The van der Waals surface area contributed by atoms with Gasteiger partial charge >= 0.3 is 5.97 Å². The summed E-state index contributed by atoms with van der Waals surface area (Å²) in [6.07, 6.45) is 3.79. The standard InChI is InChI=1S/C10H10N4O2S/c15-10(16-5-7-1-2-7)9-8(3-4-17-9)14-6-11-12-13-14/h3-4,6-7H,1-2,5H2. The van der Waals surface area contributed by atoms with E-state index in [1.807, 2.05) is 5.38 Å². The molecule has 1 aliphatic carbocycles. The van der Waals surface area contributed by atoms with Crippen molar-refractivity contribution in [3.8, 4) is 5.69 Å². The van der Waals surface area contributed by atoms with Gasteiger partial charge in [-0.3, -0.25) is 0 Å². The molecular formula is C10H10N4O2S. The number of tetrazole rings is 1. The summed E-state index contributed by atoms with van der Waals surface area (Å²) >= 11 is 1.34. The van der Waals surface area contributed by atoms with Crippen molar-refractivity contribution in [2.75, 3.05) is 6.61 Å². The van der Waals surface area contributed by atoms with E-state index >= 15 is 0 Å². The van der Waals surface area contributed by atoms with Crippen LogP contribution in [0.5, 0.6) is 0 Å². The number of hydrogen-bond acceptors (Lipinski definition) is 6. The summed E-state index contributed by atoms with van der Waals surface area (Å²) in [4.78, 5) is 12.4. The molecule has 0 N–H and O–H groups in total. The van der Waals surface area contributed by atoms with E-state index in [1.165, 1.54) is 22.3 Å². The first-order valence-electron chi connectivity index (χ1n) is 5.32. The van der Waals surface area contributed by atoms with E-state index in [0.717, 1.165) is 12.8 Å². The van der Waals surface area contributed by atoms with E-state index in [0.29, 0.717) is 23.1 Å². The zero-order valence-electron chi connectivity index (χ0n) is 8.94. The fourth-order valence-electron chi connectivity index (χ4n) is 1.45. The molecule has 17 heavy (non-hydrogen) atoms. The van der Waals surface area contributed by atoms with Gasteiger partial charge in [0.2, 0.25) is 0 Å². The molecule has 0 atom stereocenters. The summed E-state index contributed by atoms with van der Waals surface area (Å²) in [5.74, 6) is 0.271. The average Bonchev–Trinajstić information content (AvgIpc) is 2.84. The number of carbonyl (C=O) groups is 1. The first-order chi connectivity index (χ1) is 8.34. The molecule has 2 heterocycles. The van der Waals surface area contributed by atoms with Crippen molar-refractivity contribution in [2.24, 2.45) is 5.92 Å². The van der Waals surface area contributed by atoms with Gasteiger partial charge in [-0.2, -0.15) is 4.68 Å². The van der Waals surface area contributed by atoms with Gasteiger partial charge in [-0.1, -0.05) is 0 Å². The Morgan fingerprint density at radius 1 is 1.59 bits per heavy atom. The normalized spacial score (nSPS) is 14.8. The van der Waals surface area contributed by atoms with Crippen molar-refractivity contribution >= 4 is 17.3 Å². The molecule has 1 aliphatic rings. The van der Waals surface area contributed by atoms with Gasteiger partial charge in [0.05, 0.1) is 12.3 Å². The van der Waals surface area contributed by atoms with Crippen LogP contribution in [0, 0.1) is 5.92 Å². The molecule has 1 fully saturated rings. The van der Waals surface area contributed by atoms with Crippen molar-refractivity contribution in [3.63, 3.8) is 0 Å². The Kier molecular flexibility index (Phi) is 2.60. The minimum atomic E-state index is -0.294. The van der Waals surface area contributed by atoms with Crippen LogP contribution >= 0.6 is 11.3 Å². The maximum atomic E-state index is 11.9. The van der Waals surface area contributed by atoms with Crippen molar-refractivity contribution in [2.45, 2.75) is 12.8 Å². The van der Waals surface area contributed by atoms with Crippen molar-refractivity contribution < 1.29 is 9.53 Å². The molecule has 0 radical (unpaired) electrons. The monoisotopic (exact) mass is 250 g/mol. The molecule has 0 amide bonds. The predicted octanol–water partition coefficient (Wildman–Crippen LogP) is 1.29. The zero-order valence-corrected chi connectivity index (χ0v) is 9.76. The molecule has 3 rings (SSSR count). The van der Waals surface area contributed by atoms with Crippen LogP contribution in [0.3, 0.4) is 0 Å². The first-order valence-corrected chi connectivity index (χ1v) is 6.20. The number of thiophene rings is 1. The maximum absolute atomic E-state index is 11.9. The van der Waals surface area contributed by atoms with Crippen LogP contribution in [-0.2, 0) is 4.74 Å². The van der Waals surface area contributed by atoms with E-state index in [9.17, 15) is 4.79 Å². The zero-order chi connectivity index (χ0) is 11.7. The molecule has 1 saturated carbocycles. The van der Waals surface area contributed by atoms with E-state index < -0.39 is 0 Å². The lowest BCUT2D eigenvalue weighted by Gasteiger charge is -2.03. The fourth-order valence-corrected chi connectivity index (χ4v) is 2.22. The van der Waals surface area contributed by atoms with E-state index in [2.05, 4.69) is 15.5 Å². The van der Waals surface area contributed by atoms with Crippen LogP contribution in [0.4, 0.5) is 0 Å². The topological polar surface area (TPSA) is 69.9 Å². The molecule has 2 aromatic rings. The largest absolute Gasteiger partial charge is 0.461 e. The minimum absolute atomic E-state index is 0.294. The summed E-state index contributed by atoms with van der Waals surface area (Å²) < 4.78 is 6.70. The SMILES string of the molecule is O=C(OCC1CC1)c1sccc1-n1cnnn1. The average molecular weight is 250 g/mol. The number of ether oxygens (including phenoxy) is 1. The second-order valence-corrected chi connectivity index (χ2v) is 4.85. The molecule has 0 bridgehead atoms. The lowest BCUT2D eigenvalue weighted by Crippen LogP contribution is -2.09. The lowest BCUT2D eigenvalue weighted by atomic mass is 10.4. The highest BCUT2D eigenvalue weighted by Crippen LogP contribution is 2.29. The highest BCUT2D eigenvalue weighted by molar-refractivity contribution is 7.12. The number of hydrogen-bond donors (Lipinski definition) is 0. The Morgan fingerprint density at radius 2 is 2.47 bits per heavy atom. The summed E-state index contributed by atoms with van der Waals surface area (Å²) in [5.41, 5.74) is 0.667. The van der Waals surface area contributed by atoms with Gasteiger partial charge in [0, 0.05) is 0 Å². The van der Waals surface area contributed by atoms with Gasteiger partial charge in [0.25, 0.3) is 0 Å². The third-order valence-electron chi connectivity index (χ3n) is 2.57. The molecule has 0 spiro atoms. The molecule has 0 aliphatic heterocycles. The van der Waals surface area contributed by atoms with Gasteiger partial charge in [0.15, 0.2) is 0 Å². The Bertz CT molecular complexity index is 518. The van der Waals surface area contributed by atoms with Crippen LogP contribution in [-0.4, -0.2) is 32.8 Å². The smallest absolute Gasteiger partial charge is 0.350 e. The fraction of sp³-hybridized carbons (Fsp3) is 0.400. The maximum Gasteiger partial charge on any atom is 0.350 e. The Balaban J connectivity index is 1.77. The van der Waals surface area contributed by atoms with E-state index in [1.54, 1.807) is 6.07 Å². The molecular weight excluding hydrogens is 240 g/mol. The number of aromatic nitrogens is 4. The van der Waals surface area contributed by atoms with Gasteiger partial charge in [0.1, 0.15) is 11.2 Å². The summed E-state index contributed by atoms with van der Waals surface area (Å²) in [5, 5.41) is 12.7. The summed E-state index contributed by atoms with van der Waals surface area (Å²) in [6, 6.07) is 1.80. The Hall–Kier alpha value is -1.76. The molecule has 6 nitrogen and oxygen atoms in total. The molecule has 0 aromatic carbocycles. The molecule has 0 saturated heterocycles. The van der Waals surface area contributed by atoms with Crippen LogP contribution in [0.2, 0.25) is 0 Å². The second kappa shape index (κ2) is 4.25. The van der Waals surface area contributed by atoms with Gasteiger partial charge in [-0.25, -0.2) is 4.79 Å². The predicted molar refractivity (Wildman–Crippen MR) is 60.0 cm³/mol. The third kappa shape index (κ3) is 2.19. The van der Waals surface area contributed by atoms with Crippen LogP contribution in [0.15, 0.2) is 17.8 Å².